The van der Waals surface area contributed by atoms with E-state index in [4.69, 9.17) is 5.73 Å². The molecule has 1 atom stereocenters. The van der Waals surface area contributed by atoms with Crippen molar-refractivity contribution in [2.45, 2.75) is 18.9 Å². The minimum absolute atomic E-state index is 0.137. The lowest BCUT2D eigenvalue weighted by Crippen LogP contribution is -2.08. The van der Waals surface area contributed by atoms with Crippen molar-refractivity contribution < 1.29 is 13.9 Å². The second kappa shape index (κ2) is 2.67. The third kappa shape index (κ3) is 1.09. The summed E-state index contributed by atoms with van der Waals surface area (Å²) in [5, 5.41) is 9.29. The summed E-state index contributed by atoms with van der Waals surface area (Å²) in [5.41, 5.74) is 6.15. The Bertz CT molecular complexity index is 365. The normalized spacial score (nSPS) is 20.4. The SMILES string of the molecule is NC1CCc2c(O)cc(F)c(F)c21. The van der Waals surface area contributed by atoms with Crippen LogP contribution in [0, 0.1) is 11.6 Å². The molecule has 1 aliphatic rings. The highest BCUT2D eigenvalue weighted by Gasteiger charge is 2.27. The van der Waals surface area contributed by atoms with E-state index in [0.29, 0.717) is 18.4 Å². The summed E-state index contributed by atoms with van der Waals surface area (Å²) in [5.74, 6) is -2.15. The third-order valence-corrected chi connectivity index (χ3v) is 2.42. The molecule has 0 saturated heterocycles. The molecule has 0 bridgehead atoms. The van der Waals surface area contributed by atoms with E-state index in [9.17, 15) is 13.9 Å². The molecule has 2 rings (SSSR count). The molecule has 4 heteroatoms. The molecule has 0 aliphatic heterocycles. The number of fused-ring (bicyclic) bond motifs is 1. The molecular weight excluding hydrogens is 176 g/mol. The Hall–Kier alpha value is -1.16. The first-order valence-corrected chi connectivity index (χ1v) is 4.06. The van der Waals surface area contributed by atoms with Gasteiger partial charge in [0, 0.05) is 23.2 Å². The second-order valence-corrected chi connectivity index (χ2v) is 3.23. The van der Waals surface area contributed by atoms with Crippen LogP contribution in [0.25, 0.3) is 0 Å². The molecule has 0 amide bonds. The first kappa shape index (κ1) is 8.44. The molecule has 3 N–H and O–H groups in total. The first-order chi connectivity index (χ1) is 6.11. The molecule has 2 nitrogen and oxygen atoms in total. The van der Waals surface area contributed by atoms with Gasteiger partial charge in [0.25, 0.3) is 0 Å². The summed E-state index contributed by atoms with van der Waals surface area (Å²) in [6.45, 7) is 0. The van der Waals surface area contributed by atoms with Gasteiger partial charge in [0.1, 0.15) is 5.75 Å². The summed E-state index contributed by atoms with van der Waals surface area (Å²) in [7, 11) is 0. The highest BCUT2D eigenvalue weighted by Crippen LogP contribution is 2.37. The van der Waals surface area contributed by atoms with Gasteiger partial charge in [0.05, 0.1) is 0 Å². The van der Waals surface area contributed by atoms with E-state index in [2.05, 4.69) is 0 Å². The van der Waals surface area contributed by atoms with Crippen LogP contribution in [-0.4, -0.2) is 5.11 Å². The predicted octanol–water partition coefficient (Wildman–Crippen LogP) is 1.62. The van der Waals surface area contributed by atoms with Gasteiger partial charge in [0.2, 0.25) is 0 Å². The number of benzene rings is 1. The topological polar surface area (TPSA) is 46.2 Å². The smallest absolute Gasteiger partial charge is 0.164 e. The molecule has 0 radical (unpaired) electrons. The summed E-state index contributed by atoms with van der Waals surface area (Å²) < 4.78 is 26.0. The molecule has 1 aromatic carbocycles. The number of aromatic hydroxyl groups is 1. The molecule has 1 aromatic rings. The number of halogens is 2. The summed E-state index contributed by atoms with van der Waals surface area (Å²) in [4.78, 5) is 0. The van der Waals surface area contributed by atoms with Crippen LogP contribution in [0.2, 0.25) is 0 Å². The number of hydrogen-bond donors (Lipinski definition) is 2. The Balaban J connectivity index is 2.70. The van der Waals surface area contributed by atoms with Crippen molar-refractivity contribution in [1.82, 2.24) is 0 Å². The van der Waals surface area contributed by atoms with Gasteiger partial charge in [-0.1, -0.05) is 0 Å². The Morgan fingerprint density at radius 2 is 2.15 bits per heavy atom. The van der Waals surface area contributed by atoms with Crippen molar-refractivity contribution in [3.8, 4) is 5.75 Å². The minimum atomic E-state index is -1.03. The standard InChI is InChI=1S/C9H9F2NO/c10-5-3-7(13)4-1-2-6(12)8(4)9(5)11/h3,6,13H,1-2,12H2. The van der Waals surface area contributed by atoms with Crippen LogP contribution in [0.4, 0.5) is 8.78 Å². The number of rotatable bonds is 0. The maximum absolute atomic E-state index is 13.2. The molecule has 1 unspecified atom stereocenters. The molecule has 0 spiro atoms. The van der Waals surface area contributed by atoms with Gasteiger partial charge < -0.3 is 10.8 Å². The molecular formula is C9H9F2NO. The van der Waals surface area contributed by atoms with Crippen LogP contribution in [0.15, 0.2) is 6.07 Å². The molecule has 0 fully saturated rings. The summed E-state index contributed by atoms with van der Waals surface area (Å²) in [6, 6.07) is 0.309. The third-order valence-electron chi connectivity index (χ3n) is 2.42. The number of phenols is 1. The molecule has 0 saturated carbocycles. The van der Waals surface area contributed by atoms with Crippen LogP contribution in [-0.2, 0) is 6.42 Å². The fourth-order valence-electron chi connectivity index (χ4n) is 1.76. The first-order valence-electron chi connectivity index (χ1n) is 4.06. The van der Waals surface area contributed by atoms with Gasteiger partial charge >= 0.3 is 0 Å². The van der Waals surface area contributed by atoms with Crippen molar-refractivity contribution in [3.05, 3.63) is 28.8 Å². The van der Waals surface area contributed by atoms with E-state index in [1.165, 1.54) is 0 Å². The number of phenolic OH excluding ortho intramolecular Hbond substituents is 1. The van der Waals surface area contributed by atoms with Crippen LogP contribution in [0.1, 0.15) is 23.6 Å². The number of nitrogens with two attached hydrogens (primary N) is 1. The number of hydrogen-bond acceptors (Lipinski definition) is 2. The lowest BCUT2D eigenvalue weighted by Gasteiger charge is -2.07. The van der Waals surface area contributed by atoms with Gasteiger partial charge in [-0.05, 0) is 12.8 Å². The van der Waals surface area contributed by atoms with Crippen molar-refractivity contribution in [2.24, 2.45) is 5.73 Å². The Morgan fingerprint density at radius 3 is 2.85 bits per heavy atom. The van der Waals surface area contributed by atoms with Crippen molar-refractivity contribution in [3.63, 3.8) is 0 Å². The van der Waals surface area contributed by atoms with Gasteiger partial charge in [0.15, 0.2) is 11.6 Å². The van der Waals surface area contributed by atoms with Crippen molar-refractivity contribution in [2.75, 3.05) is 0 Å². The molecule has 70 valence electrons. The fourth-order valence-corrected chi connectivity index (χ4v) is 1.76. The van der Waals surface area contributed by atoms with Gasteiger partial charge in [-0.3, -0.25) is 0 Å². The minimum Gasteiger partial charge on any atom is -0.508 e. The Morgan fingerprint density at radius 1 is 1.46 bits per heavy atom. The highest BCUT2D eigenvalue weighted by molar-refractivity contribution is 5.45. The van der Waals surface area contributed by atoms with Gasteiger partial charge in [-0.2, -0.15) is 0 Å². The lowest BCUT2D eigenvalue weighted by atomic mass is 10.1. The average Bonchev–Trinajstić information content (AvgIpc) is 2.44. The zero-order chi connectivity index (χ0) is 9.59. The van der Waals surface area contributed by atoms with E-state index in [-0.39, 0.29) is 11.3 Å². The van der Waals surface area contributed by atoms with Crippen LogP contribution in [0.5, 0.6) is 5.75 Å². The Labute approximate surface area is 74.0 Å². The second-order valence-electron chi connectivity index (χ2n) is 3.23. The molecule has 0 aromatic heterocycles. The van der Waals surface area contributed by atoms with Crippen molar-refractivity contribution in [1.29, 1.82) is 0 Å². The van der Waals surface area contributed by atoms with Gasteiger partial charge in [-0.25, -0.2) is 8.78 Å². The van der Waals surface area contributed by atoms with Crippen LogP contribution in [0.3, 0.4) is 0 Å². The van der Waals surface area contributed by atoms with E-state index >= 15 is 0 Å². The molecule has 13 heavy (non-hydrogen) atoms. The summed E-state index contributed by atoms with van der Waals surface area (Å²) >= 11 is 0. The van der Waals surface area contributed by atoms with Crippen molar-refractivity contribution >= 4 is 0 Å². The van der Waals surface area contributed by atoms with Gasteiger partial charge in [-0.15, -0.1) is 0 Å². The average molecular weight is 185 g/mol. The largest absolute Gasteiger partial charge is 0.508 e. The maximum Gasteiger partial charge on any atom is 0.164 e. The maximum atomic E-state index is 13.2. The zero-order valence-electron chi connectivity index (χ0n) is 6.85. The van der Waals surface area contributed by atoms with E-state index in [1.54, 1.807) is 0 Å². The monoisotopic (exact) mass is 185 g/mol. The predicted molar refractivity (Wildman–Crippen MR) is 43.3 cm³/mol. The zero-order valence-corrected chi connectivity index (χ0v) is 6.85. The summed E-state index contributed by atoms with van der Waals surface area (Å²) in [6.07, 6.45) is 1.07. The fraction of sp³-hybridized carbons (Fsp3) is 0.333. The highest BCUT2D eigenvalue weighted by atomic mass is 19.2. The molecule has 0 heterocycles. The molecule has 1 aliphatic carbocycles. The quantitative estimate of drug-likeness (QED) is 0.645. The van der Waals surface area contributed by atoms with Crippen LogP contribution < -0.4 is 5.73 Å². The van der Waals surface area contributed by atoms with E-state index in [0.717, 1.165) is 6.07 Å². The lowest BCUT2D eigenvalue weighted by molar-refractivity contribution is 0.446. The Kier molecular flexibility index (Phi) is 1.73. The van der Waals surface area contributed by atoms with E-state index in [1.807, 2.05) is 0 Å². The van der Waals surface area contributed by atoms with Crippen LogP contribution >= 0.6 is 0 Å². The van der Waals surface area contributed by atoms with E-state index < -0.39 is 17.7 Å².